The number of halogens is 3. The van der Waals surface area contributed by atoms with E-state index in [9.17, 15) is 23.1 Å². The van der Waals surface area contributed by atoms with E-state index in [2.05, 4.69) is 5.32 Å². The summed E-state index contributed by atoms with van der Waals surface area (Å²) in [7, 11) is 0. The number of hydrogen-bond acceptors (Lipinski definition) is 2. The molecule has 1 aliphatic rings. The molecule has 1 amide bonds. The zero-order chi connectivity index (χ0) is 17.3. The number of rotatable bonds is 2. The molecule has 126 valence electrons. The van der Waals surface area contributed by atoms with Crippen LogP contribution in [0.3, 0.4) is 0 Å². The number of fused-ring (bicyclic) bond motifs is 1. The molecule has 2 aromatic carbocycles. The van der Waals surface area contributed by atoms with Crippen LogP contribution in [0.4, 0.5) is 18.9 Å². The van der Waals surface area contributed by atoms with Crippen LogP contribution >= 0.6 is 0 Å². The molecule has 1 aliphatic carbocycles. The molecule has 0 spiro atoms. The summed E-state index contributed by atoms with van der Waals surface area (Å²) in [5.41, 5.74) is 1.91. The lowest BCUT2D eigenvalue weighted by atomic mass is 9.88. The Hall–Kier alpha value is -2.34. The van der Waals surface area contributed by atoms with Gasteiger partial charge >= 0.3 is 6.18 Å². The van der Waals surface area contributed by atoms with Crippen LogP contribution in [0.2, 0.25) is 0 Å². The van der Waals surface area contributed by atoms with E-state index >= 15 is 0 Å². The molecule has 0 saturated carbocycles. The normalized spacial score (nSPS) is 17.2. The Bertz CT molecular complexity index is 754. The summed E-state index contributed by atoms with van der Waals surface area (Å²) in [5, 5.41) is 12.6. The van der Waals surface area contributed by atoms with Crippen LogP contribution in [0.15, 0.2) is 42.5 Å². The van der Waals surface area contributed by atoms with Gasteiger partial charge in [-0.1, -0.05) is 12.1 Å². The third kappa shape index (κ3) is 3.43. The standard InChI is InChI=1S/C18H16F3NO2/c19-18(20,21)13-7-4-12(5-8-13)17(24)22-16-3-1-2-11-6-9-14(23)10-15(11)16/h1-5,7-8,14,23H,6,9-10H2,(H,22,24)/t14-/m1/s1. The fourth-order valence-electron chi connectivity index (χ4n) is 2.89. The second-order valence-corrected chi connectivity index (χ2v) is 5.87. The molecule has 0 bridgehead atoms. The van der Waals surface area contributed by atoms with Gasteiger partial charge in [0.15, 0.2) is 0 Å². The monoisotopic (exact) mass is 335 g/mol. The van der Waals surface area contributed by atoms with Gasteiger partial charge in [0.05, 0.1) is 11.7 Å². The summed E-state index contributed by atoms with van der Waals surface area (Å²) in [6.45, 7) is 0. The third-order valence-corrected chi connectivity index (χ3v) is 4.18. The van der Waals surface area contributed by atoms with E-state index in [1.807, 2.05) is 12.1 Å². The molecule has 0 radical (unpaired) electrons. The first-order valence-electron chi connectivity index (χ1n) is 7.62. The number of anilines is 1. The molecular weight excluding hydrogens is 319 g/mol. The number of alkyl halides is 3. The quantitative estimate of drug-likeness (QED) is 0.877. The molecule has 0 aliphatic heterocycles. The van der Waals surface area contributed by atoms with Crippen LogP contribution in [-0.2, 0) is 19.0 Å². The lowest BCUT2D eigenvalue weighted by Gasteiger charge is -2.23. The SMILES string of the molecule is O=C(Nc1cccc2c1C[C@H](O)CC2)c1ccc(C(F)(F)F)cc1. The maximum Gasteiger partial charge on any atom is 0.416 e. The smallest absolute Gasteiger partial charge is 0.393 e. The second kappa shape index (κ2) is 6.28. The van der Waals surface area contributed by atoms with Crippen molar-refractivity contribution in [3.63, 3.8) is 0 Å². The van der Waals surface area contributed by atoms with Crippen molar-refractivity contribution in [1.82, 2.24) is 0 Å². The fraction of sp³-hybridized carbons (Fsp3) is 0.278. The Morgan fingerprint density at radius 1 is 1.12 bits per heavy atom. The predicted molar refractivity (Wildman–Crippen MR) is 83.9 cm³/mol. The van der Waals surface area contributed by atoms with Crippen LogP contribution in [0.1, 0.15) is 33.5 Å². The molecule has 0 aromatic heterocycles. The minimum Gasteiger partial charge on any atom is -0.393 e. The summed E-state index contributed by atoms with van der Waals surface area (Å²) in [4.78, 5) is 12.3. The average Bonchev–Trinajstić information content (AvgIpc) is 2.54. The van der Waals surface area contributed by atoms with E-state index in [4.69, 9.17) is 0 Å². The Balaban J connectivity index is 1.81. The number of aryl methyl sites for hydroxylation is 1. The molecule has 2 aromatic rings. The number of hydrogen-bond donors (Lipinski definition) is 2. The first-order valence-corrected chi connectivity index (χ1v) is 7.62. The molecule has 3 nitrogen and oxygen atoms in total. The van der Waals surface area contributed by atoms with Crippen molar-refractivity contribution < 1.29 is 23.1 Å². The number of carbonyl (C=O) groups excluding carboxylic acids is 1. The largest absolute Gasteiger partial charge is 0.416 e. The summed E-state index contributed by atoms with van der Waals surface area (Å²) in [5.74, 6) is -0.475. The van der Waals surface area contributed by atoms with Gasteiger partial charge in [0.2, 0.25) is 0 Å². The van der Waals surface area contributed by atoms with Gasteiger partial charge in [-0.05, 0) is 54.3 Å². The first-order chi connectivity index (χ1) is 11.3. The van der Waals surface area contributed by atoms with Crippen molar-refractivity contribution in [3.8, 4) is 0 Å². The average molecular weight is 335 g/mol. The maximum absolute atomic E-state index is 12.6. The van der Waals surface area contributed by atoms with Gasteiger partial charge in [-0.15, -0.1) is 0 Å². The lowest BCUT2D eigenvalue weighted by molar-refractivity contribution is -0.137. The van der Waals surface area contributed by atoms with Gasteiger partial charge in [0.25, 0.3) is 5.91 Å². The van der Waals surface area contributed by atoms with Gasteiger partial charge in [-0.2, -0.15) is 13.2 Å². The lowest BCUT2D eigenvalue weighted by Crippen LogP contribution is -2.21. The van der Waals surface area contributed by atoms with E-state index in [0.717, 1.165) is 41.8 Å². The van der Waals surface area contributed by atoms with Gasteiger partial charge < -0.3 is 10.4 Å². The molecule has 24 heavy (non-hydrogen) atoms. The maximum atomic E-state index is 12.6. The van der Waals surface area contributed by atoms with Crippen LogP contribution < -0.4 is 5.32 Å². The first kappa shape index (κ1) is 16.5. The number of carbonyl (C=O) groups is 1. The van der Waals surface area contributed by atoms with Gasteiger partial charge in [-0.25, -0.2) is 0 Å². The molecule has 0 unspecified atom stereocenters. The highest BCUT2D eigenvalue weighted by atomic mass is 19.4. The van der Waals surface area contributed by atoms with Crippen molar-refractivity contribution in [3.05, 3.63) is 64.7 Å². The second-order valence-electron chi connectivity index (χ2n) is 5.87. The summed E-state index contributed by atoms with van der Waals surface area (Å²) in [6.07, 6.45) is -2.99. The highest BCUT2D eigenvalue weighted by Gasteiger charge is 2.30. The third-order valence-electron chi connectivity index (χ3n) is 4.18. The van der Waals surface area contributed by atoms with Crippen molar-refractivity contribution in [2.45, 2.75) is 31.5 Å². The number of aliphatic hydroxyl groups excluding tert-OH is 1. The molecular formula is C18H16F3NO2. The van der Waals surface area contributed by atoms with Crippen molar-refractivity contribution in [1.29, 1.82) is 0 Å². The van der Waals surface area contributed by atoms with Gasteiger partial charge in [0, 0.05) is 17.7 Å². The molecule has 0 heterocycles. The number of aliphatic hydroxyl groups is 1. The van der Waals surface area contributed by atoms with Crippen LogP contribution in [0, 0.1) is 0 Å². The molecule has 3 rings (SSSR count). The fourth-order valence-corrected chi connectivity index (χ4v) is 2.89. The minimum absolute atomic E-state index is 0.150. The van der Waals surface area contributed by atoms with Gasteiger partial charge in [0.1, 0.15) is 0 Å². The number of benzene rings is 2. The van der Waals surface area contributed by atoms with Crippen molar-refractivity contribution in [2.75, 3.05) is 5.32 Å². The molecule has 0 saturated heterocycles. The molecule has 6 heteroatoms. The number of nitrogens with one attached hydrogen (secondary N) is 1. The Labute approximate surface area is 137 Å². The van der Waals surface area contributed by atoms with Gasteiger partial charge in [-0.3, -0.25) is 4.79 Å². The topological polar surface area (TPSA) is 49.3 Å². The predicted octanol–water partition coefficient (Wildman–Crippen LogP) is 3.81. The van der Waals surface area contributed by atoms with E-state index in [1.54, 1.807) is 6.07 Å². The van der Waals surface area contributed by atoms with Crippen LogP contribution in [0.5, 0.6) is 0 Å². The molecule has 0 fully saturated rings. The van der Waals surface area contributed by atoms with E-state index in [0.29, 0.717) is 18.5 Å². The zero-order valence-corrected chi connectivity index (χ0v) is 12.7. The highest BCUT2D eigenvalue weighted by Crippen LogP contribution is 2.30. The summed E-state index contributed by atoms with van der Waals surface area (Å²) < 4.78 is 37.7. The Morgan fingerprint density at radius 2 is 1.83 bits per heavy atom. The Kier molecular flexibility index (Phi) is 4.32. The highest BCUT2D eigenvalue weighted by molar-refractivity contribution is 6.04. The Morgan fingerprint density at radius 3 is 2.50 bits per heavy atom. The van der Waals surface area contributed by atoms with Crippen molar-refractivity contribution in [2.24, 2.45) is 0 Å². The zero-order valence-electron chi connectivity index (χ0n) is 12.7. The molecule has 1 atom stereocenters. The summed E-state index contributed by atoms with van der Waals surface area (Å²) >= 11 is 0. The minimum atomic E-state index is -4.43. The van der Waals surface area contributed by atoms with Crippen LogP contribution in [-0.4, -0.2) is 17.1 Å². The van der Waals surface area contributed by atoms with Crippen molar-refractivity contribution >= 4 is 11.6 Å². The molecule has 2 N–H and O–H groups in total. The van der Waals surface area contributed by atoms with E-state index in [1.165, 1.54) is 0 Å². The van der Waals surface area contributed by atoms with E-state index < -0.39 is 23.8 Å². The van der Waals surface area contributed by atoms with Crippen LogP contribution in [0.25, 0.3) is 0 Å². The van der Waals surface area contributed by atoms with E-state index in [-0.39, 0.29) is 5.56 Å². The summed E-state index contributed by atoms with van der Waals surface area (Å²) in [6, 6.07) is 9.59. The number of amides is 1.